The van der Waals surface area contributed by atoms with Crippen LogP contribution in [0.4, 0.5) is 0 Å². The van der Waals surface area contributed by atoms with Gasteiger partial charge in [-0.05, 0) is 38.4 Å². The second kappa shape index (κ2) is 5.00. The third-order valence-electron chi connectivity index (χ3n) is 2.24. The fourth-order valence-electron chi connectivity index (χ4n) is 1.31. The molecule has 0 aliphatic heterocycles. The number of hydrogen-bond acceptors (Lipinski definition) is 4. The standard InChI is InChI=1S/C11H15NO3/c1-12(2)11(15-9-3-8-13)6-4-10(14)5-7-11/h4-8H,3,9H2,1-2H3. The summed E-state index contributed by atoms with van der Waals surface area (Å²) in [7, 11) is 3.71. The van der Waals surface area contributed by atoms with Crippen LogP contribution in [0.3, 0.4) is 0 Å². The highest BCUT2D eigenvalue weighted by Crippen LogP contribution is 2.21. The lowest BCUT2D eigenvalue weighted by Gasteiger charge is -2.35. The van der Waals surface area contributed by atoms with Gasteiger partial charge in [-0.15, -0.1) is 0 Å². The minimum atomic E-state index is -0.698. The number of carbonyl (C=O) groups is 2. The first kappa shape index (κ1) is 11.8. The van der Waals surface area contributed by atoms with Gasteiger partial charge in [0, 0.05) is 6.42 Å². The van der Waals surface area contributed by atoms with Crippen LogP contribution in [0.15, 0.2) is 24.3 Å². The van der Waals surface area contributed by atoms with Crippen LogP contribution in [0.25, 0.3) is 0 Å². The van der Waals surface area contributed by atoms with Crippen molar-refractivity contribution in [2.24, 2.45) is 0 Å². The van der Waals surface area contributed by atoms with Gasteiger partial charge < -0.3 is 9.53 Å². The van der Waals surface area contributed by atoms with Crippen LogP contribution in [-0.4, -0.2) is 43.4 Å². The molecule has 1 rings (SSSR count). The largest absolute Gasteiger partial charge is 0.353 e. The van der Waals surface area contributed by atoms with Crippen molar-refractivity contribution >= 4 is 12.1 Å². The lowest BCUT2D eigenvalue weighted by molar-refractivity contribution is -0.114. The number of hydrogen-bond donors (Lipinski definition) is 0. The molecular formula is C11H15NO3. The van der Waals surface area contributed by atoms with Crippen molar-refractivity contribution in [1.29, 1.82) is 0 Å². The second-order valence-electron chi connectivity index (χ2n) is 3.52. The summed E-state index contributed by atoms with van der Waals surface area (Å²) in [5.41, 5.74) is -0.698. The van der Waals surface area contributed by atoms with Gasteiger partial charge in [-0.1, -0.05) is 0 Å². The summed E-state index contributed by atoms with van der Waals surface area (Å²) in [4.78, 5) is 23.0. The van der Waals surface area contributed by atoms with Crippen LogP contribution in [0.2, 0.25) is 0 Å². The number of nitrogens with zero attached hydrogens (tertiary/aromatic N) is 1. The van der Waals surface area contributed by atoms with E-state index in [0.29, 0.717) is 13.0 Å². The maximum Gasteiger partial charge on any atom is 0.178 e. The quantitative estimate of drug-likeness (QED) is 0.377. The fourth-order valence-corrected chi connectivity index (χ4v) is 1.31. The number of ketones is 1. The first-order valence-electron chi connectivity index (χ1n) is 4.78. The Kier molecular flexibility index (Phi) is 3.94. The van der Waals surface area contributed by atoms with E-state index in [2.05, 4.69) is 0 Å². The summed E-state index contributed by atoms with van der Waals surface area (Å²) in [5.74, 6) is -0.0496. The second-order valence-corrected chi connectivity index (χ2v) is 3.52. The Bertz CT molecular complexity index is 289. The molecule has 0 unspecified atom stereocenters. The molecule has 82 valence electrons. The summed E-state index contributed by atoms with van der Waals surface area (Å²) < 4.78 is 5.59. The Balaban J connectivity index is 2.72. The summed E-state index contributed by atoms with van der Waals surface area (Å²) in [6.45, 7) is 0.338. The number of aldehydes is 1. The average Bonchev–Trinajstić information content (AvgIpc) is 2.21. The van der Waals surface area contributed by atoms with Gasteiger partial charge in [0.15, 0.2) is 11.5 Å². The molecule has 1 aliphatic rings. The van der Waals surface area contributed by atoms with Crippen molar-refractivity contribution in [1.82, 2.24) is 4.90 Å². The Hall–Kier alpha value is -1.26. The molecular weight excluding hydrogens is 194 g/mol. The number of carbonyl (C=O) groups excluding carboxylic acids is 2. The van der Waals surface area contributed by atoms with Crippen LogP contribution in [0.1, 0.15) is 6.42 Å². The molecule has 0 heterocycles. The topological polar surface area (TPSA) is 46.6 Å². The highest BCUT2D eigenvalue weighted by molar-refractivity contribution is 6.00. The molecule has 0 aromatic heterocycles. The Labute approximate surface area is 89.2 Å². The zero-order valence-corrected chi connectivity index (χ0v) is 8.97. The van der Waals surface area contributed by atoms with Gasteiger partial charge in [-0.25, -0.2) is 0 Å². The van der Waals surface area contributed by atoms with E-state index in [-0.39, 0.29) is 5.78 Å². The van der Waals surface area contributed by atoms with Crippen molar-refractivity contribution in [3.63, 3.8) is 0 Å². The van der Waals surface area contributed by atoms with Crippen LogP contribution >= 0.6 is 0 Å². The molecule has 0 saturated carbocycles. The maximum absolute atomic E-state index is 11.0. The number of ether oxygens (including phenoxy) is 1. The average molecular weight is 209 g/mol. The first-order valence-corrected chi connectivity index (χ1v) is 4.78. The summed E-state index contributed by atoms with van der Waals surface area (Å²) in [6.07, 6.45) is 7.50. The van der Waals surface area contributed by atoms with E-state index in [1.165, 1.54) is 12.2 Å². The van der Waals surface area contributed by atoms with Crippen LogP contribution in [-0.2, 0) is 14.3 Å². The van der Waals surface area contributed by atoms with Crippen molar-refractivity contribution in [3.8, 4) is 0 Å². The lowest BCUT2D eigenvalue weighted by Crippen LogP contribution is -2.44. The molecule has 0 N–H and O–H groups in total. The molecule has 0 bridgehead atoms. The van der Waals surface area contributed by atoms with Gasteiger partial charge in [0.05, 0.1) is 6.61 Å². The van der Waals surface area contributed by atoms with E-state index in [0.717, 1.165) is 6.29 Å². The monoisotopic (exact) mass is 209 g/mol. The molecule has 15 heavy (non-hydrogen) atoms. The predicted octanol–water partition coefficient (Wildman–Crippen LogP) is 0.545. The third kappa shape index (κ3) is 2.84. The van der Waals surface area contributed by atoms with E-state index >= 15 is 0 Å². The van der Waals surface area contributed by atoms with Gasteiger partial charge in [0.1, 0.15) is 6.29 Å². The smallest absolute Gasteiger partial charge is 0.178 e. The van der Waals surface area contributed by atoms with Crippen LogP contribution in [0.5, 0.6) is 0 Å². The van der Waals surface area contributed by atoms with E-state index in [9.17, 15) is 9.59 Å². The van der Waals surface area contributed by atoms with E-state index in [4.69, 9.17) is 4.74 Å². The zero-order valence-electron chi connectivity index (χ0n) is 8.97. The van der Waals surface area contributed by atoms with Gasteiger partial charge >= 0.3 is 0 Å². The first-order chi connectivity index (χ1) is 7.10. The Morgan fingerprint density at radius 2 is 2.00 bits per heavy atom. The van der Waals surface area contributed by atoms with Crippen molar-refractivity contribution in [2.75, 3.05) is 20.7 Å². The van der Waals surface area contributed by atoms with Crippen molar-refractivity contribution in [2.45, 2.75) is 12.1 Å². The predicted molar refractivity (Wildman–Crippen MR) is 56.3 cm³/mol. The number of likely N-dealkylation sites (N-methyl/N-ethyl adjacent to an activating group) is 1. The van der Waals surface area contributed by atoms with E-state index in [1.807, 2.05) is 19.0 Å². The molecule has 0 aromatic carbocycles. The fraction of sp³-hybridized carbons (Fsp3) is 0.455. The molecule has 0 atom stereocenters. The van der Waals surface area contributed by atoms with E-state index in [1.54, 1.807) is 12.2 Å². The summed E-state index contributed by atoms with van der Waals surface area (Å²) in [6, 6.07) is 0. The molecule has 0 fully saturated rings. The van der Waals surface area contributed by atoms with Gasteiger partial charge in [0.25, 0.3) is 0 Å². The Morgan fingerprint density at radius 1 is 1.40 bits per heavy atom. The molecule has 0 amide bonds. The third-order valence-corrected chi connectivity index (χ3v) is 2.24. The molecule has 1 aliphatic carbocycles. The highest BCUT2D eigenvalue weighted by atomic mass is 16.5. The van der Waals surface area contributed by atoms with Gasteiger partial charge in [0.2, 0.25) is 0 Å². The van der Waals surface area contributed by atoms with E-state index < -0.39 is 5.72 Å². The molecule has 4 heteroatoms. The van der Waals surface area contributed by atoms with Crippen molar-refractivity contribution < 1.29 is 14.3 Å². The molecule has 0 spiro atoms. The minimum absolute atomic E-state index is 0.0496. The summed E-state index contributed by atoms with van der Waals surface area (Å²) in [5, 5.41) is 0. The maximum atomic E-state index is 11.0. The molecule has 0 aromatic rings. The van der Waals surface area contributed by atoms with Crippen LogP contribution in [0, 0.1) is 0 Å². The molecule has 0 radical (unpaired) electrons. The van der Waals surface area contributed by atoms with Crippen molar-refractivity contribution in [3.05, 3.63) is 24.3 Å². The highest BCUT2D eigenvalue weighted by Gasteiger charge is 2.29. The molecule has 4 nitrogen and oxygen atoms in total. The molecule has 0 saturated heterocycles. The normalized spacial score (nSPS) is 18.5. The van der Waals surface area contributed by atoms with Crippen LogP contribution < -0.4 is 0 Å². The Morgan fingerprint density at radius 3 is 2.47 bits per heavy atom. The van der Waals surface area contributed by atoms with Gasteiger partial charge in [-0.2, -0.15) is 0 Å². The SMILES string of the molecule is CN(C)C1(OCCC=O)C=CC(=O)C=C1. The lowest BCUT2D eigenvalue weighted by atomic mass is 10.1. The number of rotatable bonds is 5. The number of allylic oxidation sites excluding steroid dienone is 2. The summed E-state index contributed by atoms with van der Waals surface area (Å²) >= 11 is 0. The van der Waals surface area contributed by atoms with Gasteiger partial charge in [-0.3, -0.25) is 9.69 Å². The minimum Gasteiger partial charge on any atom is -0.353 e. The zero-order chi connectivity index (χ0) is 11.3.